The standard InChI is InChI=1S/C15H12O/c16-15-7-3-6-13-10-12-5-2-1-4-11(12)8-9-14(13)15/h1-10,15-16H. The molecule has 1 aromatic carbocycles. The maximum absolute atomic E-state index is 9.87. The molecule has 0 radical (unpaired) electrons. The first-order valence-electron chi connectivity index (χ1n) is 5.40. The summed E-state index contributed by atoms with van der Waals surface area (Å²) in [5.41, 5.74) is 2.06. The highest BCUT2D eigenvalue weighted by Gasteiger charge is 2.13. The molecule has 0 spiro atoms. The Balaban J connectivity index is 2.30. The number of allylic oxidation sites excluding steroid dienone is 3. The molecule has 1 atom stereocenters. The quantitative estimate of drug-likeness (QED) is 0.675. The Kier molecular flexibility index (Phi) is 2.12. The molecule has 0 aliphatic heterocycles. The van der Waals surface area contributed by atoms with Crippen molar-refractivity contribution in [2.24, 2.45) is 0 Å². The van der Waals surface area contributed by atoms with Crippen molar-refractivity contribution < 1.29 is 5.11 Å². The number of hydrogen-bond acceptors (Lipinski definition) is 1. The summed E-state index contributed by atoms with van der Waals surface area (Å²) >= 11 is 0. The molecule has 78 valence electrons. The van der Waals surface area contributed by atoms with E-state index in [-0.39, 0.29) is 0 Å². The van der Waals surface area contributed by atoms with Crippen molar-refractivity contribution >= 4 is 12.2 Å². The summed E-state index contributed by atoms with van der Waals surface area (Å²) < 4.78 is 0. The van der Waals surface area contributed by atoms with Crippen LogP contribution >= 0.6 is 0 Å². The summed E-state index contributed by atoms with van der Waals surface area (Å²) in [5.74, 6) is 0. The summed E-state index contributed by atoms with van der Waals surface area (Å²) in [4.78, 5) is 0. The topological polar surface area (TPSA) is 20.2 Å². The zero-order chi connectivity index (χ0) is 11.0. The highest BCUT2D eigenvalue weighted by atomic mass is 16.3. The van der Waals surface area contributed by atoms with Crippen molar-refractivity contribution in [2.45, 2.75) is 6.10 Å². The number of fused-ring (bicyclic) bond motifs is 2. The molecule has 1 unspecified atom stereocenters. The molecule has 1 aromatic rings. The highest BCUT2D eigenvalue weighted by Crippen LogP contribution is 2.21. The minimum Gasteiger partial charge on any atom is -0.384 e. The van der Waals surface area contributed by atoms with Crippen molar-refractivity contribution in [3.8, 4) is 0 Å². The number of aliphatic hydroxyl groups excluding tert-OH is 1. The Morgan fingerprint density at radius 2 is 1.75 bits per heavy atom. The Hall–Kier alpha value is -1.86. The number of benzene rings is 1. The van der Waals surface area contributed by atoms with Gasteiger partial charge in [0.25, 0.3) is 0 Å². The van der Waals surface area contributed by atoms with Crippen molar-refractivity contribution in [2.75, 3.05) is 0 Å². The van der Waals surface area contributed by atoms with Gasteiger partial charge in [-0.3, -0.25) is 0 Å². The van der Waals surface area contributed by atoms with Crippen LogP contribution in [0, 0.1) is 0 Å². The maximum atomic E-state index is 9.87. The third kappa shape index (κ3) is 1.46. The van der Waals surface area contributed by atoms with Gasteiger partial charge in [-0.1, -0.05) is 54.6 Å². The van der Waals surface area contributed by atoms with Crippen molar-refractivity contribution in [1.82, 2.24) is 0 Å². The van der Waals surface area contributed by atoms with Crippen LogP contribution in [0.4, 0.5) is 0 Å². The van der Waals surface area contributed by atoms with E-state index in [2.05, 4.69) is 24.3 Å². The first kappa shape index (κ1) is 9.37. The second-order valence-electron chi connectivity index (χ2n) is 4.01. The average molecular weight is 208 g/mol. The summed E-state index contributed by atoms with van der Waals surface area (Å²) in [6, 6.07) is 8.23. The van der Waals surface area contributed by atoms with Gasteiger partial charge in [0.15, 0.2) is 0 Å². The third-order valence-electron chi connectivity index (χ3n) is 2.97. The number of hydrogen-bond donors (Lipinski definition) is 1. The zero-order valence-electron chi connectivity index (χ0n) is 8.80. The van der Waals surface area contributed by atoms with Crippen LogP contribution in [0.1, 0.15) is 0 Å². The average Bonchev–Trinajstić information content (AvgIpc) is 2.48. The number of rotatable bonds is 0. The van der Waals surface area contributed by atoms with Gasteiger partial charge in [0.2, 0.25) is 0 Å². The van der Waals surface area contributed by atoms with Crippen molar-refractivity contribution in [3.63, 3.8) is 0 Å². The Bertz CT molecular complexity index is 630. The van der Waals surface area contributed by atoms with Crippen LogP contribution in [0.3, 0.4) is 0 Å². The summed E-state index contributed by atoms with van der Waals surface area (Å²) in [5, 5.41) is 12.3. The van der Waals surface area contributed by atoms with Gasteiger partial charge in [-0.15, -0.1) is 0 Å². The van der Waals surface area contributed by atoms with E-state index in [4.69, 9.17) is 0 Å². The molecule has 0 bridgehead atoms. The molecular weight excluding hydrogens is 196 g/mol. The molecule has 3 rings (SSSR count). The lowest BCUT2D eigenvalue weighted by Crippen LogP contribution is -2.22. The van der Waals surface area contributed by atoms with Crippen molar-refractivity contribution in [3.05, 3.63) is 70.2 Å². The molecule has 16 heavy (non-hydrogen) atoms. The van der Waals surface area contributed by atoms with Crippen LogP contribution in [0.15, 0.2) is 59.7 Å². The summed E-state index contributed by atoms with van der Waals surface area (Å²) in [6.45, 7) is 0. The SMILES string of the molecule is OC1C=CC=C2C=c3ccccc3=CC=C21. The first-order chi connectivity index (χ1) is 7.84. The van der Waals surface area contributed by atoms with E-state index >= 15 is 0 Å². The molecule has 1 N–H and O–H groups in total. The molecule has 0 fully saturated rings. The van der Waals surface area contributed by atoms with Gasteiger partial charge in [-0.25, -0.2) is 0 Å². The molecule has 2 aliphatic carbocycles. The molecule has 0 amide bonds. The van der Waals surface area contributed by atoms with Crippen LogP contribution < -0.4 is 10.4 Å². The van der Waals surface area contributed by atoms with Crippen molar-refractivity contribution in [1.29, 1.82) is 0 Å². The molecule has 2 aliphatic rings. The Morgan fingerprint density at radius 1 is 0.938 bits per heavy atom. The van der Waals surface area contributed by atoms with Crippen LogP contribution in [0.5, 0.6) is 0 Å². The fourth-order valence-corrected chi connectivity index (χ4v) is 2.10. The smallest absolute Gasteiger partial charge is 0.0980 e. The van der Waals surface area contributed by atoms with Gasteiger partial charge in [-0.2, -0.15) is 0 Å². The molecule has 0 saturated heterocycles. The predicted molar refractivity (Wildman–Crippen MR) is 65.9 cm³/mol. The van der Waals surface area contributed by atoms with Gasteiger partial charge in [0.1, 0.15) is 0 Å². The summed E-state index contributed by atoms with van der Waals surface area (Å²) in [6.07, 6.45) is 11.4. The lowest BCUT2D eigenvalue weighted by Gasteiger charge is -2.14. The molecule has 0 aromatic heterocycles. The van der Waals surface area contributed by atoms with Gasteiger partial charge in [-0.05, 0) is 27.7 Å². The van der Waals surface area contributed by atoms with Crippen LogP contribution in [-0.4, -0.2) is 11.2 Å². The molecule has 0 saturated carbocycles. The second kappa shape index (κ2) is 3.62. The molecule has 1 nitrogen and oxygen atoms in total. The highest BCUT2D eigenvalue weighted by molar-refractivity contribution is 5.67. The minimum absolute atomic E-state index is 0.484. The number of aliphatic hydroxyl groups is 1. The fourth-order valence-electron chi connectivity index (χ4n) is 2.10. The van der Waals surface area contributed by atoms with E-state index in [1.807, 2.05) is 30.4 Å². The largest absolute Gasteiger partial charge is 0.384 e. The van der Waals surface area contributed by atoms with E-state index in [0.29, 0.717) is 0 Å². The van der Waals surface area contributed by atoms with E-state index in [1.54, 1.807) is 6.08 Å². The lowest BCUT2D eigenvalue weighted by molar-refractivity contribution is 0.261. The van der Waals surface area contributed by atoms with Gasteiger partial charge in [0.05, 0.1) is 6.10 Å². The van der Waals surface area contributed by atoms with Gasteiger partial charge in [0, 0.05) is 0 Å². The van der Waals surface area contributed by atoms with E-state index in [9.17, 15) is 5.11 Å². The predicted octanol–water partition coefficient (Wildman–Crippen LogP) is 1.04. The molecule has 1 heteroatoms. The zero-order valence-corrected chi connectivity index (χ0v) is 8.80. The minimum atomic E-state index is -0.484. The first-order valence-corrected chi connectivity index (χ1v) is 5.40. The monoisotopic (exact) mass is 208 g/mol. The molecular formula is C15H12O. The van der Waals surface area contributed by atoms with Crippen LogP contribution in [0.25, 0.3) is 12.2 Å². The Morgan fingerprint density at radius 3 is 2.62 bits per heavy atom. The summed E-state index contributed by atoms with van der Waals surface area (Å²) in [7, 11) is 0. The maximum Gasteiger partial charge on any atom is 0.0980 e. The van der Waals surface area contributed by atoms with E-state index in [0.717, 1.165) is 11.1 Å². The van der Waals surface area contributed by atoms with Gasteiger partial charge < -0.3 is 5.11 Å². The van der Waals surface area contributed by atoms with Gasteiger partial charge >= 0.3 is 0 Å². The Labute approximate surface area is 94.1 Å². The normalized spacial score (nSPS) is 21.7. The molecule has 0 heterocycles. The van der Waals surface area contributed by atoms with Crippen LogP contribution in [0.2, 0.25) is 0 Å². The van der Waals surface area contributed by atoms with E-state index < -0.39 is 6.10 Å². The third-order valence-corrected chi connectivity index (χ3v) is 2.97. The fraction of sp³-hybridized carbons (Fsp3) is 0.0667. The van der Waals surface area contributed by atoms with Crippen LogP contribution in [-0.2, 0) is 0 Å². The van der Waals surface area contributed by atoms with E-state index in [1.165, 1.54) is 10.4 Å². The lowest BCUT2D eigenvalue weighted by atomic mass is 9.95. The second-order valence-corrected chi connectivity index (χ2v) is 4.01.